The van der Waals surface area contributed by atoms with Crippen LogP contribution in [0.15, 0.2) is 21.9 Å². The third kappa shape index (κ3) is 4.18. The van der Waals surface area contributed by atoms with Gasteiger partial charge in [0.2, 0.25) is 11.8 Å². The molecule has 0 unspecified atom stereocenters. The van der Waals surface area contributed by atoms with Gasteiger partial charge in [0.1, 0.15) is 6.54 Å². The number of likely N-dealkylation sites (tertiary alicyclic amines) is 2. The largest absolute Gasteiger partial charge is 0.343 e. The summed E-state index contributed by atoms with van der Waals surface area (Å²) < 4.78 is 1.22. The Kier molecular flexibility index (Phi) is 5.35. The highest BCUT2D eigenvalue weighted by atomic mass is 16.2. The van der Waals surface area contributed by atoms with Crippen molar-refractivity contribution in [1.82, 2.24) is 19.4 Å². The van der Waals surface area contributed by atoms with Gasteiger partial charge in [-0.15, -0.1) is 0 Å². The molecule has 2 aliphatic heterocycles. The van der Waals surface area contributed by atoms with Crippen molar-refractivity contribution in [2.75, 3.05) is 19.6 Å². The fourth-order valence-electron chi connectivity index (χ4n) is 3.68. The van der Waals surface area contributed by atoms with E-state index in [9.17, 15) is 19.2 Å². The van der Waals surface area contributed by atoms with Crippen molar-refractivity contribution in [1.29, 1.82) is 0 Å². The standard InChI is InChI=1S/C17H24N4O4/c22-14-7-11-20(17(25)18-14)12-16(24)21-9-2-1-4-13(21)6-10-19-8-3-5-15(19)23/h7,11,13H,1-6,8-10,12H2,(H,18,22,25)/t13-/m1/s1. The Morgan fingerprint density at radius 3 is 2.72 bits per heavy atom. The predicted octanol–water partition coefficient (Wildman–Crippen LogP) is -0.0698. The summed E-state index contributed by atoms with van der Waals surface area (Å²) in [5.74, 6) is 0.0834. The van der Waals surface area contributed by atoms with E-state index in [1.54, 1.807) is 0 Å². The minimum atomic E-state index is -0.572. The van der Waals surface area contributed by atoms with Gasteiger partial charge < -0.3 is 9.80 Å². The molecule has 1 aromatic rings. The number of nitrogens with zero attached hydrogens (tertiary/aromatic N) is 3. The Balaban J connectivity index is 1.63. The molecule has 2 aliphatic rings. The molecule has 8 heteroatoms. The van der Waals surface area contributed by atoms with Gasteiger partial charge in [-0.05, 0) is 32.1 Å². The summed E-state index contributed by atoms with van der Waals surface area (Å²) in [4.78, 5) is 53.2. The minimum absolute atomic E-state index is 0.0746. The molecule has 2 fully saturated rings. The van der Waals surface area contributed by atoms with E-state index in [0.717, 1.165) is 38.6 Å². The van der Waals surface area contributed by atoms with Crippen LogP contribution in [0.5, 0.6) is 0 Å². The number of piperidine rings is 1. The number of nitrogens with one attached hydrogen (secondary N) is 1. The zero-order valence-corrected chi connectivity index (χ0v) is 14.3. The number of H-pyrrole nitrogens is 1. The first kappa shape index (κ1) is 17.4. The molecular formula is C17H24N4O4. The lowest BCUT2D eigenvalue weighted by molar-refractivity contribution is -0.136. The van der Waals surface area contributed by atoms with Gasteiger partial charge in [-0.25, -0.2) is 4.79 Å². The number of rotatable bonds is 5. The molecule has 0 saturated carbocycles. The number of aromatic amines is 1. The van der Waals surface area contributed by atoms with Crippen LogP contribution in [0.2, 0.25) is 0 Å². The Bertz CT molecular complexity index is 754. The highest BCUT2D eigenvalue weighted by molar-refractivity contribution is 5.78. The van der Waals surface area contributed by atoms with Gasteiger partial charge in [-0.2, -0.15) is 0 Å². The van der Waals surface area contributed by atoms with Crippen LogP contribution < -0.4 is 11.2 Å². The maximum Gasteiger partial charge on any atom is 0.328 e. The molecule has 2 amide bonds. The summed E-state index contributed by atoms with van der Waals surface area (Å²) in [6.07, 6.45) is 6.61. The van der Waals surface area contributed by atoms with Crippen LogP contribution in [0.4, 0.5) is 0 Å². The van der Waals surface area contributed by atoms with Gasteiger partial charge in [-0.3, -0.25) is 23.9 Å². The average Bonchev–Trinajstić information content (AvgIpc) is 3.01. The first-order valence-corrected chi connectivity index (χ1v) is 8.91. The van der Waals surface area contributed by atoms with Gasteiger partial charge in [0.15, 0.2) is 0 Å². The van der Waals surface area contributed by atoms with Crippen molar-refractivity contribution < 1.29 is 9.59 Å². The molecule has 0 radical (unpaired) electrons. The third-order valence-corrected chi connectivity index (χ3v) is 5.05. The molecule has 8 nitrogen and oxygen atoms in total. The Labute approximate surface area is 145 Å². The van der Waals surface area contributed by atoms with Crippen LogP contribution in [0.1, 0.15) is 38.5 Å². The normalized spacial score (nSPS) is 21.0. The molecule has 1 atom stereocenters. The molecule has 0 aromatic carbocycles. The SMILES string of the molecule is O=C1CCCN1CC[C@H]1CCCCN1C(=O)Cn1ccc(=O)[nH]c1=O. The van der Waals surface area contributed by atoms with Crippen LogP contribution in [0, 0.1) is 0 Å². The Morgan fingerprint density at radius 1 is 1.16 bits per heavy atom. The third-order valence-electron chi connectivity index (χ3n) is 5.05. The lowest BCUT2D eigenvalue weighted by Crippen LogP contribution is -2.47. The maximum absolute atomic E-state index is 12.7. The van der Waals surface area contributed by atoms with Crippen molar-refractivity contribution >= 4 is 11.8 Å². The van der Waals surface area contributed by atoms with E-state index >= 15 is 0 Å². The van der Waals surface area contributed by atoms with E-state index in [-0.39, 0.29) is 24.4 Å². The summed E-state index contributed by atoms with van der Waals surface area (Å²) in [5.41, 5.74) is -1.04. The smallest absolute Gasteiger partial charge is 0.328 e. The number of hydrogen-bond donors (Lipinski definition) is 1. The van der Waals surface area contributed by atoms with Crippen molar-refractivity contribution in [3.8, 4) is 0 Å². The predicted molar refractivity (Wildman–Crippen MR) is 91.1 cm³/mol. The van der Waals surface area contributed by atoms with Gasteiger partial charge in [-0.1, -0.05) is 0 Å². The van der Waals surface area contributed by atoms with Gasteiger partial charge >= 0.3 is 5.69 Å². The first-order valence-electron chi connectivity index (χ1n) is 8.91. The molecular weight excluding hydrogens is 324 g/mol. The van der Waals surface area contributed by atoms with Crippen LogP contribution in [0.3, 0.4) is 0 Å². The van der Waals surface area contributed by atoms with Crippen molar-refractivity contribution in [2.24, 2.45) is 0 Å². The molecule has 0 aliphatic carbocycles. The van der Waals surface area contributed by atoms with E-state index in [4.69, 9.17) is 0 Å². The highest BCUT2D eigenvalue weighted by Crippen LogP contribution is 2.21. The quantitative estimate of drug-likeness (QED) is 0.806. The Morgan fingerprint density at radius 2 is 2.00 bits per heavy atom. The fraction of sp³-hybridized carbons (Fsp3) is 0.647. The van der Waals surface area contributed by atoms with E-state index in [0.29, 0.717) is 19.5 Å². The lowest BCUT2D eigenvalue weighted by Gasteiger charge is -2.36. The Hall–Kier alpha value is -2.38. The van der Waals surface area contributed by atoms with Crippen LogP contribution >= 0.6 is 0 Å². The van der Waals surface area contributed by atoms with Crippen molar-refractivity contribution in [3.63, 3.8) is 0 Å². The summed E-state index contributed by atoms with van der Waals surface area (Å²) >= 11 is 0. The maximum atomic E-state index is 12.7. The van der Waals surface area contributed by atoms with E-state index in [2.05, 4.69) is 4.98 Å². The van der Waals surface area contributed by atoms with E-state index in [1.807, 2.05) is 9.80 Å². The molecule has 1 N–H and O–H groups in total. The second-order valence-electron chi connectivity index (χ2n) is 6.75. The molecule has 136 valence electrons. The van der Waals surface area contributed by atoms with Crippen molar-refractivity contribution in [2.45, 2.75) is 51.1 Å². The second-order valence-corrected chi connectivity index (χ2v) is 6.75. The molecule has 0 spiro atoms. The zero-order chi connectivity index (χ0) is 17.8. The van der Waals surface area contributed by atoms with Crippen molar-refractivity contribution in [3.05, 3.63) is 33.1 Å². The molecule has 2 saturated heterocycles. The highest BCUT2D eigenvalue weighted by Gasteiger charge is 2.28. The summed E-state index contributed by atoms with van der Waals surface area (Å²) in [7, 11) is 0. The molecule has 3 rings (SSSR count). The monoisotopic (exact) mass is 348 g/mol. The van der Waals surface area contributed by atoms with Gasteiger partial charge in [0.05, 0.1) is 0 Å². The lowest BCUT2D eigenvalue weighted by atomic mass is 9.99. The van der Waals surface area contributed by atoms with E-state index in [1.165, 1.54) is 16.8 Å². The van der Waals surface area contributed by atoms with Gasteiger partial charge in [0.25, 0.3) is 5.56 Å². The van der Waals surface area contributed by atoms with E-state index < -0.39 is 11.2 Å². The molecule has 0 bridgehead atoms. The number of amides is 2. The average molecular weight is 348 g/mol. The van der Waals surface area contributed by atoms with Crippen LogP contribution in [0.25, 0.3) is 0 Å². The molecule has 3 heterocycles. The summed E-state index contributed by atoms with van der Waals surface area (Å²) in [6.45, 7) is 2.10. The molecule has 1 aromatic heterocycles. The topological polar surface area (TPSA) is 95.5 Å². The zero-order valence-electron chi connectivity index (χ0n) is 14.3. The number of carbonyl (C=O) groups is 2. The molecule has 25 heavy (non-hydrogen) atoms. The second kappa shape index (κ2) is 7.67. The van der Waals surface area contributed by atoms with Gasteiger partial charge in [0, 0.05) is 44.4 Å². The number of carbonyl (C=O) groups excluding carboxylic acids is 2. The fourth-order valence-corrected chi connectivity index (χ4v) is 3.68. The minimum Gasteiger partial charge on any atom is -0.343 e. The first-order chi connectivity index (χ1) is 12.0. The number of aromatic nitrogens is 2. The number of hydrogen-bond acceptors (Lipinski definition) is 4. The van der Waals surface area contributed by atoms with Crippen LogP contribution in [-0.2, 0) is 16.1 Å². The summed E-state index contributed by atoms with van der Waals surface area (Å²) in [5, 5.41) is 0. The van der Waals surface area contributed by atoms with Crippen LogP contribution in [-0.4, -0.2) is 56.8 Å². The summed E-state index contributed by atoms with van der Waals surface area (Å²) in [6, 6.07) is 1.34.